The molecule has 2 heteroatoms. The molecule has 1 aliphatic rings. The molecule has 0 atom stereocenters. The third-order valence-electron chi connectivity index (χ3n) is 1.75. The Morgan fingerprint density at radius 2 is 1.64 bits per heavy atom. The van der Waals surface area contributed by atoms with E-state index in [0.29, 0.717) is 0 Å². The van der Waals surface area contributed by atoms with E-state index in [0.717, 1.165) is 17.8 Å². The van der Waals surface area contributed by atoms with Crippen molar-refractivity contribution in [3.8, 4) is 0 Å². The molecule has 0 fully saturated rings. The van der Waals surface area contributed by atoms with Crippen LogP contribution in [0.3, 0.4) is 0 Å². The quantitative estimate of drug-likeness (QED) is 0.595. The van der Waals surface area contributed by atoms with Crippen LogP contribution in [0.1, 0.15) is 27.2 Å². The van der Waals surface area contributed by atoms with Crippen molar-refractivity contribution < 1.29 is 0 Å². The van der Waals surface area contributed by atoms with E-state index in [9.17, 15) is 0 Å². The Morgan fingerprint density at radius 3 is 2.14 bits per heavy atom. The molecule has 0 N–H and O–H groups in total. The number of nitrogens with zero attached hydrogens (tertiary/aromatic N) is 2. The van der Waals surface area contributed by atoms with Crippen molar-refractivity contribution in [3.63, 3.8) is 0 Å². The summed E-state index contributed by atoms with van der Waals surface area (Å²) in [6.45, 7) is 13.0. The smallest absolute Gasteiger partial charge is 0.0875 e. The molecule has 0 aromatic heterocycles. The first-order valence-corrected chi connectivity index (χ1v) is 4.79. The van der Waals surface area contributed by atoms with Gasteiger partial charge < -0.3 is 0 Å². The zero-order valence-corrected chi connectivity index (χ0v) is 9.25. The summed E-state index contributed by atoms with van der Waals surface area (Å²) in [7, 11) is 0. The van der Waals surface area contributed by atoms with Crippen molar-refractivity contribution in [2.75, 3.05) is 0 Å². The van der Waals surface area contributed by atoms with Crippen molar-refractivity contribution in [1.82, 2.24) is 0 Å². The summed E-state index contributed by atoms with van der Waals surface area (Å²) in [5, 5.41) is 0. The minimum atomic E-state index is 0.793. The van der Waals surface area contributed by atoms with Crippen LogP contribution in [-0.2, 0) is 0 Å². The fourth-order valence-corrected chi connectivity index (χ4v) is 1.02. The van der Waals surface area contributed by atoms with Crippen molar-refractivity contribution in [3.05, 3.63) is 35.2 Å². The first-order chi connectivity index (χ1) is 6.77. The fraction of sp³-hybridized carbons (Fsp3) is 0.333. The number of hydrogen-bond donors (Lipinski definition) is 0. The lowest BCUT2D eigenvalue weighted by atomic mass is 10.2. The Kier molecular flexibility index (Phi) is 6.29. The summed E-state index contributed by atoms with van der Waals surface area (Å²) < 4.78 is 0. The number of aliphatic imine (C=N–C) groups is 2. The normalized spacial score (nSPS) is 14.9. The van der Waals surface area contributed by atoms with Crippen molar-refractivity contribution in [1.29, 1.82) is 0 Å². The van der Waals surface area contributed by atoms with Crippen LogP contribution in [0.5, 0.6) is 0 Å². The highest BCUT2D eigenvalue weighted by Gasteiger charge is 2.02. The molecular weight excluding hydrogens is 172 g/mol. The van der Waals surface area contributed by atoms with E-state index in [2.05, 4.69) is 30.3 Å². The van der Waals surface area contributed by atoms with Crippen LogP contribution in [-0.4, -0.2) is 13.4 Å². The van der Waals surface area contributed by atoms with Gasteiger partial charge in [-0.25, -0.2) is 0 Å². The zero-order valence-electron chi connectivity index (χ0n) is 9.25. The van der Waals surface area contributed by atoms with Gasteiger partial charge in [-0.3, -0.25) is 9.98 Å². The maximum Gasteiger partial charge on any atom is 0.0875 e. The third-order valence-corrected chi connectivity index (χ3v) is 1.75. The molecule has 1 aliphatic carbocycles. The fourth-order valence-electron chi connectivity index (χ4n) is 1.02. The van der Waals surface area contributed by atoms with Crippen molar-refractivity contribution in [2.24, 2.45) is 9.98 Å². The van der Waals surface area contributed by atoms with Gasteiger partial charge >= 0.3 is 0 Å². The van der Waals surface area contributed by atoms with Gasteiger partial charge in [0, 0.05) is 0 Å². The Morgan fingerprint density at radius 1 is 1.07 bits per heavy atom. The second kappa shape index (κ2) is 7.01. The Balaban J connectivity index is 0.000000791. The molecule has 0 bridgehead atoms. The minimum Gasteiger partial charge on any atom is -0.263 e. The lowest BCUT2D eigenvalue weighted by Crippen LogP contribution is -1.80. The molecule has 0 unspecified atom stereocenters. The summed E-state index contributed by atoms with van der Waals surface area (Å²) in [6, 6.07) is 0. The van der Waals surface area contributed by atoms with E-state index >= 15 is 0 Å². The summed E-state index contributed by atoms with van der Waals surface area (Å²) >= 11 is 0. The molecule has 0 aromatic carbocycles. The second-order valence-electron chi connectivity index (χ2n) is 2.67. The van der Waals surface area contributed by atoms with Gasteiger partial charge in [-0.2, -0.15) is 0 Å². The van der Waals surface area contributed by atoms with Crippen LogP contribution in [0.25, 0.3) is 0 Å². The van der Waals surface area contributed by atoms with Crippen LogP contribution in [0.4, 0.5) is 0 Å². The van der Waals surface area contributed by atoms with Crippen LogP contribution in [0.2, 0.25) is 0 Å². The second-order valence-corrected chi connectivity index (χ2v) is 2.67. The molecule has 0 saturated heterocycles. The van der Waals surface area contributed by atoms with Crippen molar-refractivity contribution in [2.45, 2.75) is 27.2 Å². The summed E-state index contributed by atoms with van der Waals surface area (Å²) in [6.07, 6.45) is 6.85. The monoisotopic (exact) mass is 190 g/mol. The molecule has 0 amide bonds. The van der Waals surface area contributed by atoms with Gasteiger partial charge in [-0.1, -0.05) is 31.6 Å². The Hall–Kier alpha value is -1.44. The predicted octanol–water partition coefficient (Wildman–Crippen LogP) is 3.53. The van der Waals surface area contributed by atoms with Crippen LogP contribution in [0.15, 0.2) is 45.2 Å². The SMILES string of the molecule is C=NC1=CC=C(C)CC=C1N=C.CC. The molecular formula is C12H18N2. The predicted molar refractivity (Wildman–Crippen MR) is 65.0 cm³/mol. The maximum absolute atomic E-state index is 3.87. The molecule has 76 valence electrons. The third kappa shape index (κ3) is 3.52. The lowest BCUT2D eigenvalue weighted by molar-refractivity contribution is 1.18. The highest BCUT2D eigenvalue weighted by molar-refractivity contribution is 5.45. The lowest BCUT2D eigenvalue weighted by Gasteiger charge is -1.97. The average molecular weight is 190 g/mol. The average Bonchev–Trinajstić information content (AvgIpc) is 2.42. The van der Waals surface area contributed by atoms with E-state index in [-0.39, 0.29) is 0 Å². The number of rotatable bonds is 2. The summed E-state index contributed by atoms with van der Waals surface area (Å²) in [5.74, 6) is 0. The Labute approximate surface area is 86.5 Å². The van der Waals surface area contributed by atoms with Gasteiger partial charge in [0.25, 0.3) is 0 Å². The standard InChI is InChI=1S/C10H12N2.C2H6/c1-8-4-6-9(11-2)10(12-3)7-5-8;1-2/h4,6-7H,2-3,5H2,1H3;1-2H3. The summed E-state index contributed by atoms with van der Waals surface area (Å²) in [4.78, 5) is 7.73. The molecule has 0 radical (unpaired) electrons. The number of allylic oxidation sites excluding steroid dienone is 4. The minimum absolute atomic E-state index is 0.793. The molecule has 14 heavy (non-hydrogen) atoms. The van der Waals surface area contributed by atoms with E-state index in [4.69, 9.17) is 0 Å². The molecule has 0 spiro atoms. The molecule has 0 heterocycles. The summed E-state index contributed by atoms with van der Waals surface area (Å²) in [5.41, 5.74) is 2.90. The zero-order chi connectivity index (χ0) is 11.0. The van der Waals surface area contributed by atoms with Crippen LogP contribution in [0, 0.1) is 0 Å². The van der Waals surface area contributed by atoms with E-state index in [1.807, 2.05) is 32.1 Å². The molecule has 0 saturated carbocycles. The topological polar surface area (TPSA) is 24.7 Å². The first-order valence-electron chi connectivity index (χ1n) is 4.79. The highest BCUT2D eigenvalue weighted by Crippen LogP contribution is 2.18. The molecule has 0 aromatic rings. The van der Waals surface area contributed by atoms with E-state index < -0.39 is 0 Å². The van der Waals surface area contributed by atoms with Gasteiger partial charge in [0.15, 0.2) is 0 Å². The van der Waals surface area contributed by atoms with Crippen LogP contribution >= 0.6 is 0 Å². The number of hydrogen-bond acceptors (Lipinski definition) is 2. The molecule has 1 rings (SSSR count). The van der Waals surface area contributed by atoms with Gasteiger partial charge in [0.05, 0.1) is 11.4 Å². The van der Waals surface area contributed by atoms with Gasteiger partial charge in [0.1, 0.15) is 0 Å². The molecule has 2 nitrogen and oxygen atoms in total. The van der Waals surface area contributed by atoms with Gasteiger partial charge in [-0.15, -0.1) is 0 Å². The first kappa shape index (κ1) is 12.6. The Bertz CT molecular complexity index is 293. The maximum atomic E-state index is 3.87. The van der Waals surface area contributed by atoms with Gasteiger partial charge in [-0.05, 0) is 32.9 Å². The van der Waals surface area contributed by atoms with Crippen molar-refractivity contribution >= 4 is 13.4 Å². The largest absolute Gasteiger partial charge is 0.263 e. The van der Waals surface area contributed by atoms with Crippen LogP contribution < -0.4 is 0 Å². The van der Waals surface area contributed by atoms with Gasteiger partial charge in [0.2, 0.25) is 0 Å². The van der Waals surface area contributed by atoms with E-state index in [1.165, 1.54) is 5.57 Å². The highest BCUT2D eigenvalue weighted by atomic mass is 14.8. The van der Waals surface area contributed by atoms with E-state index in [1.54, 1.807) is 0 Å². The molecule has 0 aliphatic heterocycles.